The van der Waals surface area contributed by atoms with Gasteiger partial charge in [0.15, 0.2) is 6.10 Å². The number of carbonyl (C=O) groups is 1. The van der Waals surface area contributed by atoms with E-state index in [1.807, 2.05) is 30.3 Å². The molecule has 1 unspecified atom stereocenters. The smallest absolute Gasteiger partial charge is 0.313 e. The van der Waals surface area contributed by atoms with Gasteiger partial charge in [-0.25, -0.2) is 0 Å². The van der Waals surface area contributed by atoms with Crippen molar-refractivity contribution in [3.05, 3.63) is 94.5 Å². The predicted octanol–water partition coefficient (Wildman–Crippen LogP) is 3.81. The van der Waals surface area contributed by atoms with E-state index in [-0.39, 0.29) is 5.88 Å². The number of ether oxygens (including phenoxy) is 1. The van der Waals surface area contributed by atoms with Crippen molar-refractivity contribution in [2.45, 2.75) is 11.9 Å². The van der Waals surface area contributed by atoms with Crippen LogP contribution < -0.4 is 5.73 Å². The summed E-state index contributed by atoms with van der Waals surface area (Å²) < 4.78 is 35.7. The van der Waals surface area contributed by atoms with Crippen LogP contribution >= 0.6 is 11.6 Å². The summed E-state index contributed by atoms with van der Waals surface area (Å²) in [6, 6.07) is 19.2. The molecule has 3 aromatic rings. The van der Waals surface area contributed by atoms with E-state index in [0.717, 1.165) is 10.8 Å². The van der Waals surface area contributed by atoms with E-state index in [2.05, 4.69) is 0 Å². The first kappa shape index (κ1) is 19.3. The van der Waals surface area contributed by atoms with Crippen molar-refractivity contribution in [2.75, 3.05) is 0 Å². The summed E-state index contributed by atoms with van der Waals surface area (Å²) in [4.78, 5) is 12.7. The third-order valence-corrected chi connectivity index (χ3v) is 5.86. The molecular formula is C21H16ClNO5S. The first-order valence-electron chi connectivity index (χ1n) is 8.69. The van der Waals surface area contributed by atoms with Gasteiger partial charge >= 0.3 is 10.1 Å². The monoisotopic (exact) mass is 429 g/mol. The standard InChI is InChI=1S/C21H16ClNO5S/c22-16-10-8-14(9-11-16)19-18(24)20(21(23)27-19)28-29(25,26)12-15-6-3-5-13-4-1-2-7-17(13)15/h1-11,19H,12,23H2. The number of hydrogen-bond donors (Lipinski definition) is 1. The lowest BCUT2D eigenvalue weighted by Gasteiger charge is -2.10. The molecule has 29 heavy (non-hydrogen) atoms. The van der Waals surface area contributed by atoms with Crippen molar-refractivity contribution < 1.29 is 22.1 Å². The van der Waals surface area contributed by atoms with Gasteiger partial charge in [0.25, 0.3) is 0 Å². The van der Waals surface area contributed by atoms with Gasteiger partial charge in [-0.15, -0.1) is 0 Å². The normalized spacial score (nSPS) is 16.9. The van der Waals surface area contributed by atoms with Gasteiger partial charge in [0.1, 0.15) is 5.75 Å². The van der Waals surface area contributed by atoms with Crippen molar-refractivity contribution in [1.82, 2.24) is 0 Å². The summed E-state index contributed by atoms with van der Waals surface area (Å²) in [5.41, 5.74) is 6.79. The van der Waals surface area contributed by atoms with Crippen LogP contribution in [0, 0.1) is 0 Å². The van der Waals surface area contributed by atoms with E-state index in [9.17, 15) is 13.2 Å². The molecule has 0 radical (unpaired) electrons. The molecule has 6 nitrogen and oxygen atoms in total. The minimum atomic E-state index is -4.15. The van der Waals surface area contributed by atoms with Crippen LogP contribution in [0.2, 0.25) is 5.02 Å². The van der Waals surface area contributed by atoms with Gasteiger partial charge in [-0.2, -0.15) is 8.42 Å². The Labute approximate surface area is 172 Å². The fourth-order valence-electron chi connectivity index (χ4n) is 3.18. The number of benzene rings is 3. The number of fused-ring (bicyclic) bond motifs is 1. The molecule has 1 aliphatic rings. The zero-order valence-electron chi connectivity index (χ0n) is 15.0. The number of halogens is 1. The van der Waals surface area contributed by atoms with Crippen LogP contribution in [-0.2, 0) is 29.6 Å². The average molecular weight is 430 g/mol. The third-order valence-electron chi connectivity index (χ3n) is 4.53. The highest BCUT2D eigenvalue weighted by Crippen LogP contribution is 2.33. The summed E-state index contributed by atoms with van der Waals surface area (Å²) in [5.74, 6) is -1.95. The number of rotatable bonds is 5. The molecule has 0 saturated heterocycles. The van der Waals surface area contributed by atoms with Gasteiger partial charge in [-0.1, -0.05) is 66.2 Å². The predicted molar refractivity (Wildman–Crippen MR) is 109 cm³/mol. The molecule has 0 spiro atoms. The Morgan fingerprint density at radius 3 is 2.45 bits per heavy atom. The van der Waals surface area contributed by atoms with Gasteiger partial charge < -0.3 is 14.7 Å². The van der Waals surface area contributed by atoms with Gasteiger partial charge in [-0.3, -0.25) is 4.79 Å². The number of nitrogens with two attached hydrogens (primary N) is 1. The number of Topliss-reactive ketones (excluding diaryl/α,β-unsaturated/α-hetero) is 1. The van der Waals surface area contributed by atoms with Crippen molar-refractivity contribution in [2.24, 2.45) is 5.73 Å². The fourth-order valence-corrected chi connectivity index (χ4v) is 4.41. The highest BCUT2D eigenvalue weighted by molar-refractivity contribution is 7.86. The lowest BCUT2D eigenvalue weighted by Crippen LogP contribution is -2.16. The minimum absolute atomic E-state index is 0.364. The van der Waals surface area contributed by atoms with E-state index in [1.54, 1.807) is 36.4 Å². The van der Waals surface area contributed by atoms with Gasteiger partial charge in [0.05, 0.1) is 0 Å². The Balaban J connectivity index is 1.57. The van der Waals surface area contributed by atoms with Gasteiger partial charge in [0.2, 0.25) is 17.4 Å². The molecule has 8 heteroatoms. The Morgan fingerprint density at radius 2 is 1.69 bits per heavy atom. The molecular weight excluding hydrogens is 414 g/mol. The van der Waals surface area contributed by atoms with Gasteiger partial charge in [0, 0.05) is 10.6 Å². The molecule has 0 amide bonds. The second kappa shape index (κ2) is 7.42. The first-order chi connectivity index (χ1) is 13.8. The van der Waals surface area contributed by atoms with E-state index in [4.69, 9.17) is 26.3 Å². The minimum Gasteiger partial charge on any atom is -0.460 e. The molecule has 0 aromatic heterocycles. The summed E-state index contributed by atoms with van der Waals surface area (Å²) in [6.07, 6.45) is -1.07. The third kappa shape index (κ3) is 3.92. The second-order valence-corrected chi connectivity index (χ2v) is 8.54. The van der Waals surface area contributed by atoms with Crippen LogP contribution in [-0.4, -0.2) is 14.2 Å². The number of carbonyl (C=O) groups excluding carboxylic acids is 1. The van der Waals surface area contributed by atoms with Crippen molar-refractivity contribution in [3.63, 3.8) is 0 Å². The van der Waals surface area contributed by atoms with Crippen LogP contribution in [0.15, 0.2) is 78.4 Å². The highest BCUT2D eigenvalue weighted by Gasteiger charge is 2.39. The SMILES string of the molecule is NC1=C(OS(=O)(=O)Cc2cccc3ccccc23)C(=O)C(c2ccc(Cl)cc2)O1. The Morgan fingerprint density at radius 1 is 1.00 bits per heavy atom. The van der Waals surface area contributed by atoms with Crippen molar-refractivity contribution in [3.8, 4) is 0 Å². The van der Waals surface area contributed by atoms with E-state index < -0.39 is 33.5 Å². The average Bonchev–Trinajstić information content (AvgIpc) is 2.96. The maximum absolute atomic E-state index is 12.7. The maximum atomic E-state index is 12.7. The molecule has 0 fully saturated rings. The molecule has 0 saturated carbocycles. The highest BCUT2D eigenvalue weighted by atomic mass is 35.5. The lowest BCUT2D eigenvalue weighted by molar-refractivity contribution is -0.123. The van der Waals surface area contributed by atoms with E-state index >= 15 is 0 Å². The van der Waals surface area contributed by atoms with Crippen LogP contribution in [0.25, 0.3) is 10.8 Å². The summed E-state index contributed by atoms with van der Waals surface area (Å²) >= 11 is 5.85. The van der Waals surface area contributed by atoms with Crippen molar-refractivity contribution >= 4 is 38.3 Å². The molecule has 0 aliphatic carbocycles. The van der Waals surface area contributed by atoms with Gasteiger partial charge in [-0.05, 0) is 28.5 Å². The Bertz CT molecular complexity index is 1230. The first-order valence-corrected chi connectivity index (χ1v) is 10.6. The van der Waals surface area contributed by atoms with Crippen LogP contribution in [0.1, 0.15) is 17.2 Å². The topological polar surface area (TPSA) is 95.7 Å². The summed E-state index contributed by atoms with van der Waals surface area (Å²) in [5, 5.41) is 2.19. The fraction of sp³-hybridized carbons (Fsp3) is 0.0952. The molecule has 148 valence electrons. The Kier molecular flexibility index (Phi) is 4.94. The Hall–Kier alpha value is -3.03. The largest absolute Gasteiger partial charge is 0.460 e. The quantitative estimate of drug-likeness (QED) is 0.619. The number of ketones is 1. The van der Waals surface area contributed by atoms with Crippen LogP contribution in [0.4, 0.5) is 0 Å². The molecule has 0 bridgehead atoms. The maximum Gasteiger partial charge on any atom is 0.313 e. The van der Waals surface area contributed by atoms with Crippen LogP contribution in [0.3, 0.4) is 0 Å². The van der Waals surface area contributed by atoms with E-state index in [0.29, 0.717) is 16.1 Å². The molecule has 1 atom stereocenters. The van der Waals surface area contributed by atoms with Crippen LogP contribution in [0.5, 0.6) is 0 Å². The number of hydrogen-bond acceptors (Lipinski definition) is 6. The molecule has 1 aliphatic heterocycles. The zero-order chi connectivity index (χ0) is 20.6. The molecule has 3 aromatic carbocycles. The molecule has 2 N–H and O–H groups in total. The second-order valence-electron chi connectivity index (χ2n) is 6.53. The summed E-state index contributed by atoms with van der Waals surface area (Å²) in [7, 11) is -4.15. The van der Waals surface area contributed by atoms with Crippen molar-refractivity contribution in [1.29, 1.82) is 0 Å². The lowest BCUT2D eigenvalue weighted by atomic mass is 10.1. The summed E-state index contributed by atoms with van der Waals surface area (Å²) in [6.45, 7) is 0. The zero-order valence-corrected chi connectivity index (χ0v) is 16.6. The molecule has 4 rings (SSSR count). The molecule has 1 heterocycles. The van der Waals surface area contributed by atoms with E-state index in [1.165, 1.54) is 0 Å².